The minimum absolute atomic E-state index is 0.00968. The van der Waals surface area contributed by atoms with Gasteiger partial charge >= 0.3 is 5.51 Å². The first-order chi connectivity index (χ1) is 6.58. The van der Waals surface area contributed by atoms with Crippen LogP contribution in [0.5, 0.6) is 0 Å². The lowest BCUT2D eigenvalue weighted by atomic mass is 10.3. The molecule has 0 unspecified atom stereocenters. The van der Waals surface area contributed by atoms with Crippen LogP contribution in [0.1, 0.15) is 0 Å². The topological polar surface area (TPSA) is 12.0 Å². The van der Waals surface area contributed by atoms with E-state index >= 15 is 0 Å². The quantitative estimate of drug-likeness (QED) is 0.782. The fraction of sp³-hybridized carbons (Fsp3) is 0.333. The fourth-order valence-electron chi connectivity index (χ4n) is 0.918. The molecule has 0 aromatic heterocycles. The predicted molar refractivity (Wildman–Crippen MR) is 53.4 cm³/mol. The molecule has 0 atom stereocenters. The predicted octanol–water partition coefficient (Wildman–Crippen LogP) is 3.35. The van der Waals surface area contributed by atoms with E-state index in [1.54, 1.807) is 0 Å². The monoisotopic (exact) mass is 221 g/mol. The molecule has 0 heterocycles. The molecular formula is C9H10F3NS. The maximum absolute atomic E-state index is 11.7. The molecule has 0 aliphatic rings. The molecule has 1 N–H and O–H groups in total. The van der Waals surface area contributed by atoms with Crippen LogP contribution in [0.25, 0.3) is 0 Å². The molecule has 0 aliphatic carbocycles. The van der Waals surface area contributed by atoms with Crippen molar-refractivity contribution in [1.29, 1.82) is 0 Å². The van der Waals surface area contributed by atoms with Crippen molar-refractivity contribution in [3.8, 4) is 0 Å². The normalized spacial score (nSPS) is 11.4. The van der Waals surface area contributed by atoms with Gasteiger partial charge in [0.1, 0.15) is 0 Å². The van der Waals surface area contributed by atoms with Gasteiger partial charge in [-0.15, -0.1) is 0 Å². The summed E-state index contributed by atoms with van der Waals surface area (Å²) in [6, 6.07) is 9.16. The Morgan fingerprint density at radius 2 is 1.79 bits per heavy atom. The molecule has 5 heteroatoms. The van der Waals surface area contributed by atoms with Gasteiger partial charge in [0.25, 0.3) is 0 Å². The highest BCUT2D eigenvalue weighted by atomic mass is 32.2. The van der Waals surface area contributed by atoms with E-state index in [9.17, 15) is 13.2 Å². The van der Waals surface area contributed by atoms with E-state index in [-0.39, 0.29) is 17.5 Å². The molecule has 78 valence electrons. The average molecular weight is 221 g/mol. The summed E-state index contributed by atoms with van der Waals surface area (Å²) in [5, 5.41) is 2.90. The van der Waals surface area contributed by atoms with Gasteiger partial charge in [0.15, 0.2) is 0 Å². The summed E-state index contributed by atoms with van der Waals surface area (Å²) in [6.07, 6.45) is 0. The molecule has 14 heavy (non-hydrogen) atoms. The molecule has 1 aromatic rings. The zero-order valence-electron chi connectivity index (χ0n) is 7.34. The number of thioether (sulfide) groups is 1. The van der Waals surface area contributed by atoms with Crippen molar-refractivity contribution >= 4 is 17.4 Å². The van der Waals surface area contributed by atoms with Crippen molar-refractivity contribution < 1.29 is 13.2 Å². The number of anilines is 1. The van der Waals surface area contributed by atoms with Gasteiger partial charge in [0, 0.05) is 18.0 Å². The van der Waals surface area contributed by atoms with Gasteiger partial charge in [-0.25, -0.2) is 0 Å². The molecule has 1 nitrogen and oxygen atoms in total. The summed E-state index contributed by atoms with van der Waals surface area (Å²) < 4.78 is 35.1. The number of alkyl halides is 3. The van der Waals surface area contributed by atoms with Crippen LogP contribution >= 0.6 is 11.8 Å². The maximum Gasteiger partial charge on any atom is 0.441 e. The summed E-state index contributed by atoms with van der Waals surface area (Å²) in [4.78, 5) is 0. The van der Waals surface area contributed by atoms with Gasteiger partial charge < -0.3 is 5.32 Å². The highest BCUT2D eigenvalue weighted by molar-refractivity contribution is 8.00. The van der Waals surface area contributed by atoms with E-state index < -0.39 is 5.51 Å². The van der Waals surface area contributed by atoms with Crippen molar-refractivity contribution in [2.75, 3.05) is 17.6 Å². The van der Waals surface area contributed by atoms with Crippen LogP contribution in [0.4, 0.5) is 18.9 Å². The van der Waals surface area contributed by atoms with Gasteiger partial charge in [0.05, 0.1) is 0 Å². The molecule has 0 saturated heterocycles. The smallest absolute Gasteiger partial charge is 0.384 e. The largest absolute Gasteiger partial charge is 0.441 e. The van der Waals surface area contributed by atoms with E-state index in [1.807, 2.05) is 30.3 Å². The zero-order valence-corrected chi connectivity index (χ0v) is 8.16. The third-order valence-electron chi connectivity index (χ3n) is 1.47. The molecular weight excluding hydrogens is 211 g/mol. The summed E-state index contributed by atoms with van der Waals surface area (Å²) >= 11 is -0.00968. The second-order valence-electron chi connectivity index (χ2n) is 2.59. The van der Waals surface area contributed by atoms with E-state index in [1.165, 1.54) is 0 Å². The minimum Gasteiger partial charge on any atom is -0.384 e. The fourth-order valence-corrected chi connectivity index (χ4v) is 1.35. The number of halogens is 3. The van der Waals surface area contributed by atoms with E-state index in [2.05, 4.69) is 5.32 Å². The first-order valence-corrected chi connectivity index (χ1v) is 5.06. The Balaban J connectivity index is 2.17. The van der Waals surface area contributed by atoms with Gasteiger partial charge in [-0.3, -0.25) is 0 Å². The molecule has 0 saturated carbocycles. The Labute approximate surface area is 84.7 Å². The zero-order chi connectivity index (χ0) is 10.4. The molecule has 0 bridgehead atoms. The van der Waals surface area contributed by atoms with Crippen molar-refractivity contribution in [3.63, 3.8) is 0 Å². The summed E-state index contributed by atoms with van der Waals surface area (Å²) in [6.45, 7) is 0.314. The van der Waals surface area contributed by atoms with Crippen LogP contribution in [-0.2, 0) is 0 Å². The third-order valence-corrected chi connectivity index (χ3v) is 2.21. The van der Waals surface area contributed by atoms with Gasteiger partial charge in [-0.05, 0) is 23.9 Å². The van der Waals surface area contributed by atoms with Gasteiger partial charge in [-0.1, -0.05) is 18.2 Å². The average Bonchev–Trinajstić information content (AvgIpc) is 2.13. The Hall–Kier alpha value is -0.840. The first-order valence-electron chi connectivity index (χ1n) is 4.07. The van der Waals surface area contributed by atoms with Crippen molar-refractivity contribution in [2.24, 2.45) is 0 Å². The number of rotatable bonds is 4. The van der Waals surface area contributed by atoms with Crippen LogP contribution in [0.15, 0.2) is 30.3 Å². The summed E-state index contributed by atoms with van der Waals surface area (Å²) in [5.41, 5.74) is -3.28. The number of hydrogen-bond acceptors (Lipinski definition) is 2. The molecule has 0 amide bonds. The Kier molecular flexibility index (Phi) is 4.13. The van der Waals surface area contributed by atoms with Gasteiger partial charge in [-0.2, -0.15) is 13.2 Å². The number of benzene rings is 1. The molecule has 0 fully saturated rings. The minimum atomic E-state index is -4.13. The van der Waals surface area contributed by atoms with E-state index in [0.717, 1.165) is 5.69 Å². The molecule has 0 radical (unpaired) electrons. The highest BCUT2D eigenvalue weighted by Crippen LogP contribution is 2.29. The summed E-state index contributed by atoms with van der Waals surface area (Å²) in [7, 11) is 0. The van der Waals surface area contributed by atoms with Crippen molar-refractivity contribution in [3.05, 3.63) is 30.3 Å². The SMILES string of the molecule is FC(F)(F)SCCNc1ccccc1. The molecule has 0 aliphatic heterocycles. The lowest BCUT2D eigenvalue weighted by Gasteiger charge is -2.07. The Morgan fingerprint density at radius 3 is 2.36 bits per heavy atom. The number of nitrogens with one attached hydrogen (secondary N) is 1. The van der Waals surface area contributed by atoms with Crippen LogP contribution in [0.3, 0.4) is 0 Å². The second kappa shape index (κ2) is 5.14. The van der Waals surface area contributed by atoms with E-state index in [4.69, 9.17) is 0 Å². The molecule has 1 rings (SSSR count). The van der Waals surface area contributed by atoms with Crippen LogP contribution in [0.2, 0.25) is 0 Å². The molecule has 0 spiro atoms. The number of hydrogen-bond donors (Lipinski definition) is 1. The van der Waals surface area contributed by atoms with Crippen molar-refractivity contribution in [2.45, 2.75) is 5.51 Å². The molecule has 1 aromatic carbocycles. The standard InChI is InChI=1S/C9H10F3NS/c10-9(11,12)14-7-6-13-8-4-2-1-3-5-8/h1-5,13H,6-7H2. The first kappa shape index (κ1) is 11.2. The highest BCUT2D eigenvalue weighted by Gasteiger charge is 2.27. The lowest BCUT2D eigenvalue weighted by Crippen LogP contribution is -2.09. The van der Waals surface area contributed by atoms with Crippen molar-refractivity contribution in [1.82, 2.24) is 0 Å². The Bertz CT molecular complexity index is 261. The maximum atomic E-state index is 11.7. The van der Waals surface area contributed by atoms with Gasteiger partial charge in [0.2, 0.25) is 0 Å². The summed E-state index contributed by atoms with van der Waals surface area (Å²) in [5.74, 6) is 0.0262. The lowest BCUT2D eigenvalue weighted by molar-refractivity contribution is -0.0327. The second-order valence-corrected chi connectivity index (χ2v) is 3.75. The van der Waals surface area contributed by atoms with E-state index in [0.29, 0.717) is 6.54 Å². The number of para-hydroxylation sites is 1. The third kappa shape index (κ3) is 5.01. The Morgan fingerprint density at radius 1 is 1.14 bits per heavy atom. The van der Waals surface area contributed by atoms with Crippen LogP contribution in [-0.4, -0.2) is 17.8 Å². The van der Waals surface area contributed by atoms with Crippen LogP contribution in [0, 0.1) is 0 Å². The van der Waals surface area contributed by atoms with Crippen LogP contribution < -0.4 is 5.32 Å².